The second kappa shape index (κ2) is 5.26. The zero-order chi connectivity index (χ0) is 13.8. The zero-order valence-corrected chi connectivity index (χ0v) is 9.63. The zero-order valence-electron chi connectivity index (χ0n) is 9.63. The molecule has 2 N–H and O–H groups in total. The monoisotopic (exact) mass is 260 g/mol. The van der Waals surface area contributed by atoms with E-state index in [2.05, 4.69) is 10.3 Å². The molecule has 0 saturated carbocycles. The maximum Gasteiger partial charge on any atom is 0.335 e. The summed E-state index contributed by atoms with van der Waals surface area (Å²) in [7, 11) is 0. The van der Waals surface area contributed by atoms with E-state index in [1.807, 2.05) is 0 Å². The highest BCUT2D eigenvalue weighted by Crippen LogP contribution is 2.16. The second-order valence-corrected chi connectivity index (χ2v) is 3.69. The summed E-state index contributed by atoms with van der Waals surface area (Å²) in [6.07, 6.45) is 2.89. The average Bonchev–Trinajstić information content (AvgIpc) is 2.41. The number of halogens is 1. The van der Waals surface area contributed by atoms with Crippen LogP contribution in [0.3, 0.4) is 0 Å². The molecule has 5 nitrogen and oxygen atoms in total. The minimum absolute atomic E-state index is 0.0770. The van der Waals surface area contributed by atoms with Crippen molar-refractivity contribution in [3.63, 3.8) is 0 Å². The molecular formula is C13H9FN2O3. The SMILES string of the molecule is O=C(O)c1ccc(NC(=O)c2ccncc2)c(F)c1. The van der Waals surface area contributed by atoms with Crippen LogP contribution in [-0.2, 0) is 0 Å². The van der Waals surface area contributed by atoms with E-state index in [9.17, 15) is 14.0 Å². The van der Waals surface area contributed by atoms with Gasteiger partial charge in [-0.05, 0) is 30.3 Å². The average molecular weight is 260 g/mol. The Kier molecular flexibility index (Phi) is 3.51. The van der Waals surface area contributed by atoms with Gasteiger partial charge in [0.2, 0.25) is 0 Å². The molecule has 0 spiro atoms. The van der Waals surface area contributed by atoms with Crippen LogP contribution in [0.5, 0.6) is 0 Å². The fourth-order valence-corrected chi connectivity index (χ4v) is 1.45. The molecule has 1 aromatic heterocycles. The van der Waals surface area contributed by atoms with E-state index in [0.29, 0.717) is 5.56 Å². The number of nitrogens with one attached hydrogen (secondary N) is 1. The van der Waals surface area contributed by atoms with Crippen LogP contribution >= 0.6 is 0 Å². The Bertz CT molecular complexity index is 629. The number of carbonyl (C=O) groups is 2. The number of amides is 1. The first kappa shape index (κ1) is 12.7. The fraction of sp³-hybridized carbons (Fsp3) is 0. The predicted octanol–water partition coefficient (Wildman–Crippen LogP) is 2.17. The van der Waals surface area contributed by atoms with E-state index >= 15 is 0 Å². The molecule has 19 heavy (non-hydrogen) atoms. The van der Waals surface area contributed by atoms with Crippen LogP contribution in [-0.4, -0.2) is 22.0 Å². The third-order valence-corrected chi connectivity index (χ3v) is 2.41. The number of benzene rings is 1. The normalized spacial score (nSPS) is 9.95. The number of aromatic nitrogens is 1. The van der Waals surface area contributed by atoms with E-state index in [1.54, 1.807) is 0 Å². The molecule has 2 aromatic rings. The first-order valence-corrected chi connectivity index (χ1v) is 5.32. The van der Waals surface area contributed by atoms with Crippen LogP contribution in [0.1, 0.15) is 20.7 Å². The van der Waals surface area contributed by atoms with Gasteiger partial charge in [0.25, 0.3) is 5.91 Å². The lowest BCUT2D eigenvalue weighted by molar-refractivity contribution is 0.0696. The molecular weight excluding hydrogens is 251 g/mol. The molecule has 0 unspecified atom stereocenters. The number of carboxylic acid groups (broad SMARTS) is 1. The first-order valence-electron chi connectivity index (χ1n) is 5.32. The lowest BCUT2D eigenvalue weighted by Crippen LogP contribution is -2.13. The maximum absolute atomic E-state index is 13.6. The van der Waals surface area contributed by atoms with Gasteiger partial charge < -0.3 is 10.4 Å². The number of anilines is 1. The highest BCUT2D eigenvalue weighted by Gasteiger charge is 2.11. The highest BCUT2D eigenvalue weighted by atomic mass is 19.1. The van der Waals surface area contributed by atoms with Crippen molar-refractivity contribution in [1.29, 1.82) is 0 Å². The van der Waals surface area contributed by atoms with Crippen LogP contribution in [0.25, 0.3) is 0 Å². The van der Waals surface area contributed by atoms with Crippen LogP contribution in [0.4, 0.5) is 10.1 Å². The summed E-state index contributed by atoms with van der Waals surface area (Å²) in [5, 5.41) is 11.1. The largest absolute Gasteiger partial charge is 0.478 e. The smallest absolute Gasteiger partial charge is 0.335 e. The Morgan fingerprint density at radius 3 is 2.37 bits per heavy atom. The Morgan fingerprint density at radius 2 is 1.79 bits per heavy atom. The number of carbonyl (C=O) groups excluding carboxylic acids is 1. The molecule has 0 fully saturated rings. The lowest BCUT2D eigenvalue weighted by Gasteiger charge is -2.06. The number of pyridine rings is 1. The van der Waals surface area contributed by atoms with Crippen LogP contribution in [0.2, 0.25) is 0 Å². The Morgan fingerprint density at radius 1 is 1.11 bits per heavy atom. The molecule has 0 saturated heterocycles. The number of nitrogens with zero attached hydrogens (tertiary/aromatic N) is 1. The van der Waals surface area contributed by atoms with Gasteiger partial charge in [0, 0.05) is 18.0 Å². The number of rotatable bonds is 3. The van der Waals surface area contributed by atoms with Crippen molar-refractivity contribution in [2.75, 3.05) is 5.32 Å². The van der Waals surface area contributed by atoms with Gasteiger partial charge in [-0.15, -0.1) is 0 Å². The van der Waals surface area contributed by atoms with E-state index in [4.69, 9.17) is 5.11 Å². The van der Waals surface area contributed by atoms with Gasteiger partial charge in [0.15, 0.2) is 0 Å². The van der Waals surface area contributed by atoms with E-state index in [1.165, 1.54) is 36.7 Å². The number of aromatic carboxylic acids is 1. The third-order valence-electron chi connectivity index (χ3n) is 2.41. The molecule has 0 aliphatic rings. The quantitative estimate of drug-likeness (QED) is 0.886. The maximum atomic E-state index is 13.6. The van der Waals surface area contributed by atoms with Crippen molar-refractivity contribution in [3.05, 3.63) is 59.7 Å². The molecule has 1 heterocycles. The molecule has 2 rings (SSSR count). The molecule has 6 heteroatoms. The molecule has 0 radical (unpaired) electrons. The van der Waals surface area contributed by atoms with Crippen molar-refractivity contribution < 1.29 is 19.1 Å². The van der Waals surface area contributed by atoms with Gasteiger partial charge in [-0.2, -0.15) is 0 Å². The summed E-state index contributed by atoms with van der Waals surface area (Å²) in [5.74, 6) is -2.53. The minimum atomic E-state index is -1.23. The summed E-state index contributed by atoms with van der Waals surface area (Å²) in [6.45, 7) is 0. The van der Waals surface area contributed by atoms with E-state index in [-0.39, 0.29) is 11.3 Å². The number of hydrogen-bond donors (Lipinski definition) is 2. The third kappa shape index (κ3) is 2.92. The molecule has 0 aliphatic heterocycles. The first-order chi connectivity index (χ1) is 9.08. The summed E-state index contributed by atoms with van der Waals surface area (Å²) >= 11 is 0. The molecule has 96 valence electrons. The second-order valence-electron chi connectivity index (χ2n) is 3.69. The van der Waals surface area contributed by atoms with Crippen molar-refractivity contribution in [1.82, 2.24) is 4.98 Å². The molecule has 0 bridgehead atoms. The topological polar surface area (TPSA) is 79.3 Å². The fourth-order valence-electron chi connectivity index (χ4n) is 1.45. The molecule has 0 atom stereocenters. The Hall–Kier alpha value is -2.76. The van der Waals surface area contributed by atoms with Gasteiger partial charge in [0.1, 0.15) is 5.82 Å². The lowest BCUT2D eigenvalue weighted by atomic mass is 10.2. The van der Waals surface area contributed by atoms with Crippen molar-refractivity contribution >= 4 is 17.6 Å². The highest BCUT2D eigenvalue weighted by molar-refractivity contribution is 6.04. The summed E-state index contributed by atoms with van der Waals surface area (Å²) in [5.41, 5.74) is 0.0722. The van der Waals surface area contributed by atoms with Gasteiger partial charge in [-0.25, -0.2) is 9.18 Å². The summed E-state index contributed by atoms with van der Waals surface area (Å²) in [4.78, 5) is 26.2. The summed E-state index contributed by atoms with van der Waals surface area (Å²) in [6, 6.07) is 6.24. The number of hydrogen-bond acceptors (Lipinski definition) is 3. The van der Waals surface area contributed by atoms with Gasteiger partial charge >= 0.3 is 5.97 Å². The van der Waals surface area contributed by atoms with Gasteiger partial charge in [0.05, 0.1) is 11.3 Å². The Labute approximate surface area is 107 Å². The molecule has 0 aliphatic carbocycles. The van der Waals surface area contributed by atoms with Gasteiger partial charge in [-0.3, -0.25) is 9.78 Å². The van der Waals surface area contributed by atoms with Crippen molar-refractivity contribution in [3.8, 4) is 0 Å². The van der Waals surface area contributed by atoms with E-state index < -0.39 is 17.7 Å². The van der Waals surface area contributed by atoms with Gasteiger partial charge in [-0.1, -0.05) is 0 Å². The molecule has 1 aromatic carbocycles. The van der Waals surface area contributed by atoms with Crippen LogP contribution in [0.15, 0.2) is 42.7 Å². The van der Waals surface area contributed by atoms with Crippen molar-refractivity contribution in [2.24, 2.45) is 0 Å². The van der Waals surface area contributed by atoms with Crippen LogP contribution in [0, 0.1) is 5.82 Å². The summed E-state index contributed by atoms with van der Waals surface area (Å²) < 4.78 is 13.6. The standard InChI is InChI=1S/C13H9FN2O3/c14-10-7-9(13(18)19)1-2-11(10)16-12(17)8-3-5-15-6-4-8/h1-7H,(H,16,17)(H,18,19). The minimum Gasteiger partial charge on any atom is -0.478 e. The van der Waals surface area contributed by atoms with Crippen molar-refractivity contribution in [2.45, 2.75) is 0 Å². The van der Waals surface area contributed by atoms with E-state index in [0.717, 1.165) is 6.07 Å². The Balaban J connectivity index is 2.20. The predicted molar refractivity (Wildman–Crippen MR) is 65.5 cm³/mol. The van der Waals surface area contributed by atoms with Crippen LogP contribution < -0.4 is 5.32 Å². The number of carboxylic acids is 1. The molecule has 1 amide bonds.